The second-order valence-corrected chi connectivity index (χ2v) is 10.5. The lowest BCUT2D eigenvalue weighted by Crippen LogP contribution is -2.09. The lowest BCUT2D eigenvalue weighted by atomic mass is 10.1. The molecule has 0 unspecified atom stereocenters. The molecule has 126 valence electrons. The van der Waals surface area contributed by atoms with E-state index in [1.165, 1.54) is 4.90 Å². The second-order valence-electron chi connectivity index (χ2n) is 6.33. The minimum Gasteiger partial charge on any atom is -0.460 e. The highest BCUT2D eigenvalue weighted by Crippen LogP contribution is 2.46. The summed E-state index contributed by atoms with van der Waals surface area (Å²) < 4.78 is 6.94. The number of ether oxygens (including phenoxy) is 1. The van der Waals surface area contributed by atoms with E-state index in [1.54, 1.807) is 11.3 Å². The first-order valence-electron chi connectivity index (χ1n) is 7.85. The molecule has 2 aromatic heterocycles. The Balaban J connectivity index is 2.19. The number of aromatic nitrogens is 2. The topological polar surface area (TPSA) is 43.6 Å². The Labute approximate surface area is 143 Å². The van der Waals surface area contributed by atoms with Crippen LogP contribution in [0.5, 0.6) is 0 Å². The van der Waals surface area contributed by atoms with E-state index in [-0.39, 0.29) is 0 Å². The fraction of sp³-hybridized carbons (Fsp3) is 0.263. The first-order valence-corrected chi connectivity index (χ1v) is 10.7. The first-order chi connectivity index (χ1) is 11.4. The maximum Gasteiger partial charge on any atom is 0.374 e. The number of carbonyl (C=O) groups is 1. The van der Waals surface area contributed by atoms with Crippen LogP contribution in [0.3, 0.4) is 0 Å². The van der Waals surface area contributed by atoms with Crippen LogP contribution < -0.4 is 0 Å². The molecule has 0 saturated carbocycles. The van der Waals surface area contributed by atoms with Crippen molar-refractivity contribution in [3.8, 4) is 11.3 Å². The van der Waals surface area contributed by atoms with Crippen molar-refractivity contribution in [3.05, 3.63) is 54.5 Å². The van der Waals surface area contributed by atoms with E-state index in [0.717, 1.165) is 16.8 Å². The Bertz CT molecular complexity index is 894. The quantitative estimate of drug-likeness (QED) is 0.666. The van der Waals surface area contributed by atoms with Crippen molar-refractivity contribution in [2.45, 2.75) is 11.8 Å². The van der Waals surface area contributed by atoms with E-state index in [2.05, 4.69) is 42.0 Å². The van der Waals surface area contributed by atoms with Crippen LogP contribution in [0.4, 0.5) is 0 Å². The number of benzene rings is 1. The number of esters is 1. The number of hydrogen-bond acceptors (Lipinski definition) is 3. The molecule has 0 amide bonds. The molecular formula is C19H22N2O2S. The van der Waals surface area contributed by atoms with Gasteiger partial charge in [-0.3, -0.25) is 4.40 Å². The van der Waals surface area contributed by atoms with Gasteiger partial charge in [0.15, 0.2) is 0 Å². The van der Waals surface area contributed by atoms with Gasteiger partial charge in [-0.05, 0) is 48.8 Å². The van der Waals surface area contributed by atoms with Gasteiger partial charge in [-0.1, -0.05) is 24.3 Å². The molecule has 1 aromatic carbocycles. The monoisotopic (exact) mass is 342 g/mol. The number of imidazole rings is 1. The van der Waals surface area contributed by atoms with E-state index in [1.807, 2.05) is 30.5 Å². The maximum atomic E-state index is 12.2. The van der Waals surface area contributed by atoms with Gasteiger partial charge in [-0.2, -0.15) is 0 Å². The SMILES string of the molecule is CCOC(=O)c1nc(-c2cccc(S(C)(C)C)c2)c2ccccn12. The van der Waals surface area contributed by atoms with E-state index in [0.29, 0.717) is 12.4 Å². The maximum absolute atomic E-state index is 12.2. The van der Waals surface area contributed by atoms with Gasteiger partial charge in [-0.25, -0.2) is 19.8 Å². The van der Waals surface area contributed by atoms with Gasteiger partial charge in [0.05, 0.1) is 17.8 Å². The van der Waals surface area contributed by atoms with E-state index in [4.69, 9.17) is 4.74 Å². The molecule has 0 aliphatic heterocycles. The van der Waals surface area contributed by atoms with Gasteiger partial charge in [0.25, 0.3) is 0 Å². The summed E-state index contributed by atoms with van der Waals surface area (Å²) in [7, 11) is -0.831. The van der Waals surface area contributed by atoms with Crippen LogP contribution in [0.1, 0.15) is 17.5 Å². The number of carbonyl (C=O) groups excluding carboxylic acids is 1. The van der Waals surface area contributed by atoms with E-state index in [9.17, 15) is 4.79 Å². The number of fused-ring (bicyclic) bond motifs is 1. The number of rotatable bonds is 4. The Kier molecular flexibility index (Phi) is 4.37. The zero-order valence-corrected chi connectivity index (χ0v) is 15.3. The van der Waals surface area contributed by atoms with Crippen molar-refractivity contribution in [3.63, 3.8) is 0 Å². The highest BCUT2D eigenvalue weighted by molar-refractivity contribution is 8.32. The minimum absolute atomic E-state index is 0.316. The van der Waals surface area contributed by atoms with Crippen LogP contribution in [0.25, 0.3) is 16.8 Å². The number of hydrogen-bond donors (Lipinski definition) is 0. The van der Waals surface area contributed by atoms with Gasteiger partial charge in [0.2, 0.25) is 5.82 Å². The molecule has 0 saturated heterocycles. The molecule has 0 aliphatic rings. The zero-order chi connectivity index (χ0) is 17.3. The Morgan fingerprint density at radius 1 is 1.17 bits per heavy atom. The van der Waals surface area contributed by atoms with Crippen molar-refractivity contribution in [2.75, 3.05) is 25.4 Å². The molecule has 0 N–H and O–H groups in total. The largest absolute Gasteiger partial charge is 0.460 e. The summed E-state index contributed by atoms with van der Waals surface area (Å²) in [6, 6.07) is 14.2. The van der Waals surface area contributed by atoms with Gasteiger partial charge < -0.3 is 4.74 Å². The summed E-state index contributed by atoms with van der Waals surface area (Å²) in [5.41, 5.74) is 2.74. The average molecular weight is 342 g/mol. The predicted molar refractivity (Wildman–Crippen MR) is 100 cm³/mol. The van der Waals surface area contributed by atoms with Crippen molar-refractivity contribution < 1.29 is 9.53 Å². The van der Waals surface area contributed by atoms with Crippen LogP contribution >= 0.6 is 10.0 Å². The molecule has 2 heterocycles. The molecular weight excluding hydrogens is 320 g/mol. The molecule has 3 rings (SSSR count). The van der Waals surface area contributed by atoms with Crippen molar-refractivity contribution >= 4 is 21.5 Å². The normalized spacial score (nSPS) is 12.3. The molecule has 0 spiro atoms. The molecule has 24 heavy (non-hydrogen) atoms. The highest BCUT2D eigenvalue weighted by Gasteiger charge is 2.19. The summed E-state index contributed by atoms with van der Waals surface area (Å²) in [4.78, 5) is 18.1. The van der Waals surface area contributed by atoms with Gasteiger partial charge in [-0.15, -0.1) is 0 Å². The Morgan fingerprint density at radius 3 is 2.67 bits per heavy atom. The smallest absolute Gasteiger partial charge is 0.374 e. The summed E-state index contributed by atoms with van der Waals surface area (Å²) in [5, 5.41) is 0. The van der Waals surface area contributed by atoms with Crippen molar-refractivity contribution in [1.82, 2.24) is 9.38 Å². The van der Waals surface area contributed by atoms with E-state index < -0.39 is 16.0 Å². The molecule has 0 fully saturated rings. The third kappa shape index (κ3) is 3.04. The van der Waals surface area contributed by atoms with Crippen LogP contribution in [0.2, 0.25) is 0 Å². The third-order valence-electron chi connectivity index (χ3n) is 3.82. The van der Waals surface area contributed by atoms with Crippen molar-refractivity contribution in [2.24, 2.45) is 0 Å². The minimum atomic E-state index is -0.831. The number of pyridine rings is 1. The Morgan fingerprint density at radius 2 is 1.96 bits per heavy atom. The molecule has 4 nitrogen and oxygen atoms in total. The van der Waals surface area contributed by atoms with Crippen LogP contribution in [-0.2, 0) is 4.74 Å². The molecule has 0 bridgehead atoms. The average Bonchev–Trinajstić information content (AvgIpc) is 2.94. The molecule has 0 atom stereocenters. The van der Waals surface area contributed by atoms with Crippen molar-refractivity contribution in [1.29, 1.82) is 0 Å². The first kappa shape index (κ1) is 16.6. The summed E-state index contributed by atoms with van der Waals surface area (Å²) in [6.45, 7) is 2.13. The van der Waals surface area contributed by atoms with Crippen LogP contribution in [0, 0.1) is 0 Å². The molecule has 5 heteroatoms. The number of nitrogens with zero attached hydrogens (tertiary/aromatic N) is 2. The standard InChI is InChI=1S/C19H22N2O2S/c1-5-23-19(22)18-20-17(16-11-6-7-12-21(16)18)14-9-8-10-15(13-14)24(2,3)4/h6-13H,5H2,1-4H3. The lowest BCUT2D eigenvalue weighted by molar-refractivity contribution is 0.0511. The second kappa shape index (κ2) is 6.32. The van der Waals surface area contributed by atoms with Gasteiger partial charge >= 0.3 is 5.97 Å². The predicted octanol–water partition coefficient (Wildman–Crippen LogP) is 4.23. The fourth-order valence-corrected chi connectivity index (χ4v) is 3.58. The summed E-state index contributed by atoms with van der Waals surface area (Å²) in [5.74, 6) is -0.0847. The third-order valence-corrected chi connectivity index (χ3v) is 5.49. The molecule has 0 aliphatic carbocycles. The zero-order valence-electron chi connectivity index (χ0n) is 14.4. The van der Waals surface area contributed by atoms with E-state index >= 15 is 0 Å². The van der Waals surface area contributed by atoms with Crippen LogP contribution in [0.15, 0.2) is 53.6 Å². The summed E-state index contributed by atoms with van der Waals surface area (Å²) >= 11 is 0. The fourth-order valence-electron chi connectivity index (χ4n) is 2.61. The highest BCUT2D eigenvalue weighted by atomic mass is 32.3. The van der Waals surface area contributed by atoms with Gasteiger partial charge in [0, 0.05) is 11.8 Å². The lowest BCUT2D eigenvalue weighted by Gasteiger charge is -2.26. The van der Waals surface area contributed by atoms with Crippen LogP contribution in [-0.4, -0.2) is 40.7 Å². The Hall–Kier alpha value is -2.27. The molecule has 0 radical (unpaired) electrons. The molecule has 3 aromatic rings. The van der Waals surface area contributed by atoms with Gasteiger partial charge in [0.1, 0.15) is 0 Å². The summed E-state index contributed by atoms with van der Waals surface area (Å²) in [6.07, 6.45) is 8.64.